The van der Waals surface area contributed by atoms with E-state index >= 15 is 0 Å². The van der Waals surface area contributed by atoms with Crippen molar-refractivity contribution >= 4 is 5.95 Å². The SMILES string of the molecule is c1ccc(COCCc2nc(N3CC4CC4C3)n[nH]2)cc1. The van der Waals surface area contributed by atoms with E-state index < -0.39 is 0 Å². The van der Waals surface area contributed by atoms with Gasteiger partial charge in [0.15, 0.2) is 0 Å². The lowest BCUT2D eigenvalue weighted by Crippen LogP contribution is -2.23. The van der Waals surface area contributed by atoms with Crippen LogP contribution in [-0.2, 0) is 17.8 Å². The molecule has 1 aliphatic carbocycles. The van der Waals surface area contributed by atoms with Gasteiger partial charge in [-0.3, -0.25) is 5.10 Å². The standard InChI is InChI=1S/C16H20N4O/c1-2-4-12(5-3-1)11-21-7-6-15-17-16(19-18-15)20-9-13-8-14(13)10-20/h1-5,13-14H,6-11H2,(H,17,18,19). The van der Waals surface area contributed by atoms with E-state index in [0.29, 0.717) is 13.2 Å². The molecule has 4 rings (SSSR count). The first-order chi connectivity index (χ1) is 10.4. The minimum atomic E-state index is 0.650. The van der Waals surface area contributed by atoms with Crippen LogP contribution in [0.3, 0.4) is 0 Å². The Morgan fingerprint density at radius 1 is 1.19 bits per heavy atom. The fraction of sp³-hybridized carbons (Fsp3) is 0.500. The molecule has 0 spiro atoms. The van der Waals surface area contributed by atoms with Gasteiger partial charge < -0.3 is 9.64 Å². The molecule has 2 atom stereocenters. The zero-order chi connectivity index (χ0) is 14.1. The van der Waals surface area contributed by atoms with Crippen LogP contribution in [0, 0.1) is 11.8 Å². The van der Waals surface area contributed by atoms with E-state index in [1.54, 1.807) is 0 Å². The molecule has 110 valence electrons. The molecular formula is C16H20N4O. The highest BCUT2D eigenvalue weighted by atomic mass is 16.5. The number of nitrogens with zero attached hydrogens (tertiary/aromatic N) is 3. The van der Waals surface area contributed by atoms with Gasteiger partial charge in [0.05, 0.1) is 13.2 Å². The van der Waals surface area contributed by atoms with Gasteiger partial charge in [0.2, 0.25) is 5.95 Å². The number of nitrogens with one attached hydrogen (secondary N) is 1. The molecule has 1 saturated carbocycles. The van der Waals surface area contributed by atoms with Gasteiger partial charge in [-0.25, -0.2) is 0 Å². The number of anilines is 1. The van der Waals surface area contributed by atoms with E-state index in [1.807, 2.05) is 18.2 Å². The van der Waals surface area contributed by atoms with E-state index in [1.165, 1.54) is 12.0 Å². The van der Waals surface area contributed by atoms with Gasteiger partial charge in [-0.2, -0.15) is 4.98 Å². The Hall–Kier alpha value is -1.88. The number of aromatic nitrogens is 3. The second-order valence-corrected chi connectivity index (χ2v) is 6.03. The second kappa shape index (κ2) is 5.48. The van der Waals surface area contributed by atoms with Crippen molar-refractivity contribution in [2.75, 3.05) is 24.6 Å². The number of H-pyrrole nitrogens is 1. The number of hydrogen-bond donors (Lipinski definition) is 1. The molecule has 5 nitrogen and oxygen atoms in total. The summed E-state index contributed by atoms with van der Waals surface area (Å²) in [5, 5.41) is 7.35. The Balaban J connectivity index is 1.23. The van der Waals surface area contributed by atoms with Crippen molar-refractivity contribution in [2.24, 2.45) is 11.8 Å². The average molecular weight is 284 g/mol. The zero-order valence-corrected chi connectivity index (χ0v) is 12.0. The quantitative estimate of drug-likeness (QED) is 0.825. The summed E-state index contributed by atoms with van der Waals surface area (Å²) >= 11 is 0. The number of benzene rings is 1. The summed E-state index contributed by atoms with van der Waals surface area (Å²) in [4.78, 5) is 6.87. The first-order valence-corrected chi connectivity index (χ1v) is 7.66. The highest BCUT2D eigenvalue weighted by Gasteiger charge is 2.45. The normalized spacial score (nSPS) is 23.3. The van der Waals surface area contributed by atoms with E-state index in [2.05, 4.69) is 32.2 Å². The minimum absolute atomic E-state index is 0.650. The topological polar surface area (TPSA) is 54.0 Å². The Bertz CT molecular complexity index is 587. The lowest BCUT2D eigenvalue weighted by Gasteiger charge is -2.14. The zero-order valence-electron chi connectivity index (χ0n) is 12.0. The summed E-state index contributed by atoms with van der Waals surface area (Å²) in [5.41, 5.74) is 1.20. The van der Waals surface area contributed by atoms with Gasteiger partial charge in [0.1, 0.15) is 5.82 Å². The fourth-order valence-corrected chi connectivity index (χ4v) is 3.03. The van der Waals surface area contributed by atoms with Crippen molar-refractivity contribution in [2.45, 2.75) is 19.4 Å². The average Bonchev–Trinajstić information content (AvgIpc) is 2.93. The number of ether oxygens (including phenoxy) is 1. The molecule has 21 heavy (non-hydrogen) atoms. The summed E-state index contributed by atoms with van der Waals surface area (Å²) in [6.07, 6.45) is 2.18. The van der Waals surface area contributed by atoms with Crippen LogP contribution in [0.2, 0.25) is 0 Å². The fourth-order valence-electron chi connectivity index (χ4n) is 3.03. The predicted molar refractivity (Wildman–Crippen MR) is 80.0 cm³/mol. The van der Waals surface area contributed by atoms with Crippen molar-refractivity contribution < 1.29 is 4.74 Å². The number of piperidine rings is 1. The van der Waals surface area contributed by atoms with E-state index in [4.69, 9.17) is 4.74 Å². The van der Waals surface area contributed by atoms with Gasteiger partial charge in [-0.1, -0.05) is 30.3 Å². The van der Waals surface area contributed by atoms with Gasteiger partial charge in [-0.05, 0) is 23.8 Å². The van der Waals surface area contributed by atoms with Crippen molar-refractivity contribution in [3.63, 3.8) is 0 Å². The Kier molecular flexibility index (Phi) is 3.35. The molecular weight excluding hydrogens is 264 g/mol. The molecule has 1 aliphatic heterocycles. The third kappa shape index (κ3) is 2.93. The molecule has 2 fully saturated rings. The monoisotopic (exact) mass is 284 g/mol. The summed E-state index contributed by atoms with van der Waals surface area (Å²) in [6.45, 7) is 3.57. The smallest absolute Gasteiger partial charge is 0.244 e. The molecule has 0 radical (unpaired) electrons. The molecule has 1 aromatic heterocycles. The third-order valence-electron chi connectivity index (χ3n) is 4.38. The van der Waals surface area contributed by atoms with Gasteiger partial charge >= 0.3 is 0 Å². The number of hydrogen-bond acceptors (Lipinski definition) is 4. The first-order valence-electron chi connectivity index (χ1n) is 7.66. The molecule has 2 aliphatic rings. The maximum atomic E-state index is 5.68. The molecule has 2 unspecified atom stereocenters. The van der Waals surface area contributed by atoms with Crippen molar-refractivity contribution in [3.05, 3.63) is 41.7 Å². The van der Waals surface area contributed by atoms with Crippen molar-refractivity contribution in [1.29, 1.82) is 0 Å². The predicted octanol–water partition coefficient (Wildman–Crippen LogP) is 2.02. The van der Waals surface area contributed by atoms with Crippen LogP contribution >= 0.6 is 0 Å². The van der Waals surface area contributed by atoms with E-state index in [-0.39, 0.29) is 0 Å². The van der Waals surface area contributed by atoms with Gasteiger partial charge in [0, 0.05) is 19.5 Å². The molecule has 5 heteroatoms. The molecule has 2 aromatic rings. The van der Waals surface area contributed by atoms with Crippen LogP contribution < -0.4 is 4.90 Å². The largest absolute Gasteiger partial charge is 0.376 e. The van der Waals surface area contributed by atoms with Crippen LogP contribution in [0.4, 0.5) is 5.95 Å². The van der Waals surface area contributed by atoms with Crippen LogP contribution in [-0.4, -0.2) is 34.9 Å². The molecule has 1 saturated heterocycles. The lowest BCUT2D eigenvalue weighted by molar-refractivity contribution is 0.122. The van der Waals surface area contributed by atoms with E-state index in [9.17, 15) is 0 Å². The van der Waals surface area contributed by atoms with Crippen LogP contribution in [0.5, 0.6) is 0 Å². The summed E-state index contributed by atoms with van der Waals surface area (Å²) in [7, 11) is 0. The number of rotatable bonds is 6. The summed E-state index contributed by atoms with van der Waals surface area (Å²) in [5.74, 6) is 3.58. The van der Waals surface area contributed by atoms with Crippen molar-refractivity contribution in [1.82, 2.24) is 15.2 Å². The Morgan fingerprint density at radius 3 is 2.81 bits per heavy atom. The van der Waals surface area contributed by atoms with Gasteiger partial charge in [0.25, 0.3) is 0 Å². The van der Waals surface area contributed by atoms with Crippen molar-refractivity contribution in [3.8, 4) is 0 Å². The highest BCUT2D eigenvalue weighted by Crippen LogP contribution is 2.45. The summed E-state index contributed by atoms with van der Waals surface area (Å²) in [6, 6.07) is 10.2. The molecule has 0 amide bonds. The number of fused-ring (bicyclic) bond motifs is 1. The lowest BCUT2D eigenvalue weighted by atomic mass is 10.2. The minimum Gasteiger partial charge on any atom is -0.376 e. The maximum absolute atomic E-state index is 5.68. The maximum Gasteiger partial charge on any atom is 0.244 e. The number of aromatic amines is 1. The molecule has 0 bridgehead atoms. The van der Waals surface area contributed by atoms with E-state index in [0.717, 1.165) is 43.1 Å². The highest BCUT2D eigenvalue weighted by molar-refractivity contribution is 5.33. The second-order valence-electron chi connectivity index (χ2n) is 6.03. The van der Waals surface area contributed by atoms with Crippen LogP contribution in [0.1, 0.15) is 17.8 Å². The van der Waals surface area contributed by atoms with Crippen LogP contribution in [0.15, 0.2) is 30.3 Å². The Morgan fingerprint density at radius 2 is 2.00 bits per heavy atom. The van der Waals surface area contributed by atoms with Gasteiger partial charge in [-0.15, -0.1) is 5.10 Å². The first kappa shape index (κ1) is 12.8. The molecule has 2 heterocycles. The third-order valence-corrected chi connectivity index (χ3v) is 4.38. The molecule has 1 aromatic carbocycles. The van der Waals surface area contributed by atoms with Crippen LogP contribution in [0.25, 0.3) is 0 Å². The Labute approximate surface area is 124 Å². The molecule has 1 N–H and O–H groups in total. The summed E-state index contributed by atoms with van der Waals surface area (Å²) < 4.78 is 5.68.